The molecule has 7 rings (SSSR count). The van der Waals surface area contributed by atoms with Crippen LogP contribution in [0.2, 0.25) is 0 Å². The predicted octanol–water partition coefficient (Wildman–Crippen LogP) is 9.74. The molecule has 5 aromatic carbocycles. The molecular formula is C42H40O4. The Kier molecular flexibility index (Phi) is 9.14. The standard InChI is InChI=1S/C42H40O4/c43-42(46-29-32-16-8-3-9-17-32)41-38-25-24-35(45-28-31-14-6-2-7-15-31)26-39(38)36-18-10-11-19-37(36)40(41)33-20-22-34(23-21-33)44-27-30-12-4-1-5-13-30/h1-9,12-17,20-26,36-37,40-41H,10-11,18-19,27-29H2. The highest BCUT2D eigenvalue weighted by atomic mass is 16.5. The summed E-state index contributed by atoms with van der Waals surface area (Å²) in [5.74, 6) is 1.81. The van der Waals surface area contributed by atoms with Crippen molar-refractivity contribution in [2.24, 2.45) is 5.92 Å². The summed E-state index contributed by atoms with van der Waals surface area (Å²) in [5, 5.41) is 0. The molecule has 0 saturated heterocycles. The van der Waals surface area contributed by atoms with E-state index in [1.165, 1.54) is 24.0 Å². The number of carbonyl (C=O) groups is 1. The van der Waals surface area contributed by atoms with E-state index in [9.17, 15) is 4.79 Å². The summed E-state index contributed by atoms with van der Waals surface area (Å²) in [4.78, 5) is 14.2. The molecule has 1 fully saturated rings. The van der Waals surface area contributed by atoms with Gasteiger partial charge in [0, 0.05) is 5.92 Å². The maximum atomic E-state index is 14.2. The van der Waals surface area contributed by atoms with Gasteiger partial charge in [0.15, 0.2) is 0 Å². The highest BCUT2D eigenvalue weighted by Gasteiger charge is 2.47. The van der Waals surface area contributed by atoms with Crippen LogP contribution in [0.25, 0.3) is 0 Å². The van der Waals surface area contributed by atoms with Gasteiger partial charge in [-0.3, -0.25) is 4.79 Å². The molecule has 0 aliphatic heterocycles. The van der Waals surface area contributed by atoms with Crippen molar-refractivity contribution in [3.63, 3.8) is 0 Å². The van der Waals surface area contributed by atoms with E-state index in [1.807, 2.05) is 72.8 Å². The lowest BCUT2D eigenvalue weighted by Gasteiger charge is -2.46. The SMILES string of the molecule is O=C(OCc1ccccc1)C1c2ccc(OCc3ccccc3)cc2C2CCCCC2C1c1ccc(OCc2ccccc2)cc1. The number of benzene rings is 5. The molecule has 0 amide bonds. The lowest BCUT2D eigenvalue weighted by Crippen LogP contribution is -2.37. The van der Waals surface area contributed by atoms with Gasteiger partial charge < -0.3 is 14.2 Å². The highest BCUT2D eigenvalue weighted by Crippen LogP contribution is 2.57. The summed E-state index contributed by atoms with van der Waals surface area (Å²) in [6, 6.07) is 45.2. The molecule has 0 N–H and O–H groups in total. The van der Waals surface area contributed by atoms with Crippen molar-refractivity contribution in [3.8, 4) is 11.5 Å². The summed E-state index contributed by atoms with van der Waals surface area (Å²) < 4.78 is 18.5. The van der Waals surface area contributed by atoms with Gasteiger partial charge in [-0.1, -0.05) is 122 Å². The monoisotopic (exact) mass is 608 g/mol. The van der Waals surface area contributed by atoms with E-state index in [0.717, 1.165) is 46.6 Å². The van der Waals surface area contributed by atoms with E-state index in [4.69, 9.17) is 14.2 Å². The maximum Gasteiger partial charge on any atom is 0.314 e. The molecule has 232 valence electrons. The molecule has 0 aromatic heterocycles. The molecule has 4 nitrogen and oxygen atoms in total. The van der Waals surface area contributed by atoms with Gasteiger partial charge in [-0.05, 0) is 82.3 Å². The Morgan fingerprint density at radius 3 is 1.74 bits per heavy atom. The molecule has 4 unspecified atom stereocenters. The number of ether oxygens (including phenoxy) is 3. The van der Waals surface area contributed by atoms with Gasteiger partial charge >= 0.3 is 5.97 Å². The first kappa shape index (κ1) is 29.9. The maximum absolute atomic E-state index is 14.2. The van der Waals surface area contributed by atoms with Crippen LogP contribution in [0, 0.1) is 5.92 Å². The second-order valence-electron chi connectivity index (χ2n) is 12.6. The van der Waals surface area contributed by atoms with Gasteiger partial charge in [-0.15, -0.1) is 0 Å². The quantitative estimate of drug-likeness (QED) is 0.148. The lowest BCUT2D eigenvalue weighted by molar-refractivity contribution is -0.148. The first-order valence-corrected chi connectivity index (χ1v) is 16.5. The van der Waals surface area contributed by atoms with Crippen LogP contribution in [0.4, 0.5) is 0 Å². The van der Waals surface area contributed by atoms with Crippen LogP contribution in [0.3, 0.4) is 0 Å². The largest absolute Gasteiger partial charge is 0.489 e. The highest BCUT2D eigenvalue weighted by molar-refractivity contribution is 5.81. The van der Waals surface area contributed by atoms with Gasteiger partial charge in [-0.2, -0.15) is 0 Å². The van der Waals surface area contributed by atoms with Crippen LogP contribution in [0.1, 0.15) is 76.8 Å². The summed E-state index contributed by atoms with van der Waals surface area (Å²) in [7, 11) is 0. The molecule has 0 bridgehead atoms. The van der Waals surface area contributed by atoms with Crippen molar-refractivity contribution in [3.05, 3.63) is 167 Å². The summed E-state index contributed by atoms with van der Waals surface area (Å²) in [6.07, 6.45) is 4.55. The molecule has 1 saturated carbocycles. The van der Waals surface area contributed by atoms with Gasteiger partial charge in [0.25, 0.3) is 0 Å². The topological polar surface area (TPSA) is 44.8 Å². The molecule has 46 heavy (non-hydrogen) atoms. The summed E-state index contributed by atoms with van der Waals surface area (Å²) >= 11 is 0. The van der Waals surface area contributed by atoms with Crippen molar-refractivity contribution in [1.29, 1.82) is 0 Å². The van der Waals surface area contributed by atoms with E-state index >= 15 is 0 Å². The Morgan fingerprint density at radius 1 is 0.565 bits per heavy atom. The van der Waals surface area contributed by atoms with Crippen LogP contribution in [-0.2, 0) is 29.4 Å². The van der Waals surface area contributed by atoms with E-state index in [0.29, 0.717) is 25.0 Å². The third-order valence-corrected chi connectivity index (χ3v) is 9.67. The normalized spacial score (nSPS) is 20.2. The Labute approximate surface area is 272 Å². The van der Waals surface area contributed by atoms with E-state index < -0.39 is 5.92 Å². The Morgan fingerprint density at radius 2 is 1.11 bits per heavy atom. The van der Waals surface area contributed by atoms with E-state index in [2.05, 4.69) is 60.7 Å². The number of hydrogen-bond acceptors (Lipinski definition) is 4. The van der Waals surface area contributed by atoms with Crippen LogP contribution in [-0.4, -0.2) is 5.97 Å². The lowest BCUT2D eigenvalue weighted by atomic mass is 9.57. The molecule has 5 aromatic rings. The van der Waals surface area contributed by atoms with Gasteiger partial charge in [0.05, 0.1) is 5.92 Å². The van der Waals surface area contributed by atoms with E-state index in [1.54, 1.807) is 0 Å². The Hall–Kier alpha value is -4.83. The number of carbonyl (C=O) groups excluding carboxylic acids is 1. The smallest absolute Gasteiger partial charge is 0.314 e. The van der Waals surface area contributed by atoms with Crippen molar-refractivity contribution in [2.45, 2.75) is 63.3 Å². The number of rotatable bonds is 10. The van der Waals surface area contributed by atoms with Crippen LogP contribution >= 0.6 is 0 Å². The fourth-order valence-corrected chi connectivity index (χ4v) is 7.46. The minimum atomic E-state index is -0.405. The molecule has 2 aliphatic rings. The minimum Gasteiger partial charge on any atom is -0.489 e. The average molecular weight is 609 g/mol. The first-order chi connectivity index (χ1) is 22.7. The van der Waals surface area contributed by atoms with Crippen molar-refractivity contribution in [1.82, 2.24) is 0 Å². The second-order valence-corrected chi connectivity index (χ2v) is 12.6. The number of hydrogen-bond donors (Lipinski definition) is 0. The first-order valence-electron chi connectivity index (χ1n) is 16.5. The third-order valence-electron chi connectivity index (χ3n) is 9.67. The Bertz CT molecular complexity index is 1720. The molecule has 0 heterocycles. The number of fused-ring (bicyclic) bond motifs is 3. The van der Waals surface area contributed by atoms with Crippen molar-refractivity contribution < 1.29 is 19.0 Å². The second kappa shape index (κ2) is 14.1. The molecule has 0 radical (unpaired) electrons. The van der Waals surface area contributed by atoms with Gasteiger partial charge in [0.1, 0.15) is 31.3 Å². The molecular weight excluding hydrogens is 568 g/mol. The fourth-order valence-electron chi connectivity index (χ4n) is 7.46. The zero-order valence-corrected chi connectivity index (χ0v) is 26.1. The Balaban J connectivity index is 1.20. The zero-order chi connectivity index (χ0) is 31.1. The van der Waals surface area contributed by atoms with Gasteiger partial charge in [-0.25, -0.2) is 0 Å². The van der Waals surface area contributed by atoms with Crippen molar-refractivity contribution in [2.75, 3.05) is 0 Å². The summed E-state index contributed by atoms with van der Waals surface area (Å²) in [5.41, 5.74) is 6.74. The van der Waals surface area contributed by atoms with Crippen LogP contribution in [0.5, 0.6) is 11.5 Å². The molecule has 0 spiro atoms. The van der Waals surface area contributed by atoms with Gasteiger partial charge in [0.2, 0.25) is 0 Å². The third kappa shape index (κ3) is 6.72. The summed E-state index contributed by atoms with van der Waals surface area (Å²) in [6.45, 7) is 1.29. The fraction of sp³-hybridized carbons (Fsp3) is 0.262. The predicted molar refractivity (Wildman–Crippen MR) is 181 cm³/mol. The molecule has 4 atom stereocenters. The van der Waals surface area contributed by atoms with Crippen LogP contribution in [0.15, 0.2) is 133 Å². The average Bonchev–Trinajstić information content (AvgIpc) is 3.13. The van der Waals surface area contributed by atoms with Crippen LogP contribution < -0.4 is 9.47 Å². The molecule has 2 aliphatic carbocycles. The molecule has 4 heteroatoms. The zero-order valence-electron chi connectivity index (χ0n) is 26.1. The van der Waals surface area contributed by atoms with Crippen molar-refractivity contribution >= 4 is 5.97 Å². The minimum absolute atomic E-state index is 0.0142. The number of esters is 1. The van der Waals surface area contributed by atoms with E-state index in [-0.39, 0.29) is 18.5 Å².